The van der Waals surface area contributed by atoms with Gasteiger partial charge in [-0.2, -0.15) is 0 Å². The summed E-state index contributed by atoms with van der Waals surface area (Å²) in [5.41, 5.74) is 1.70. The molecule has 1 aromatic carbocycles. The molecular weight excluding hydrogens is 460 g/mol. The van der Waals surface area contributed by atoms with Crippen molar-refractivity contribution >= 4 is 45.4 Å². The average Bonchev–Trinajstić information content (AvgIpc) is 3.21. The van der Waals surface area contributed by atoms with E-state index in [-0.39, 0.29) is 28.6 Å². The topological polar surface area (TPSA) is 115 Å². The Balaban J connectivity index is 2.02. The van der Waals surface area contributed by atoms with E-state index < -0.39 is 5.97 Å². The number of carboxylic acid groups (broad SMARTS) is 1. The Hall–Kier alpha value is -3.85. The Morgan fingerprint density at radius 2 is 1.97 bits per heavy atom. The van der Waals surface area contributed by atoms with E-state index in [1.165, 1.54) is 17.7 Å². The van der Waals surface area contributed by atoms with Crippen molar-refractivity contribution < 1.29 is 19.4 Å². The molecule has 9 nitrogen and oxygen atoms in total. The van der Waals surface area contributed by atoms with Gasteiger partial charge in [-0.1, -0.05) is 11.6 Å². The number of carbonyl (C=O) groups excluding carboxylic acids is 1. The van der Waals surface area contributed by atoms with Gasteiger partial charge in [0.1, 0.15) is 17.9 Å². The van der Waals surface area contributed by atoms with Crippen molar-refractivity contribution in [3.63, 3.8) is 0 Å². The lowest BCUT2D eigenvalue weighted by atomic mass is 10.0. The lowest BCUT2D eigenvalue weighted by Gasteiger charge is -2.16. The number of pyridine rings is 2. The molecule has 1 amide bonds. The van der Waals surface area contributed by atoms with Crippen LogP contribution < -0.4 is 15.6 Å². The van der Waals surface area contributed by atoms with Crippen LogP contribution in [0.1, 0.15) is 24.2 Å². The lowest BCUT2D eigenvalue weighted by molar-refractivity contribution is -0.137. The molecule has 0 atom stereocenters. The number of halogens is 1. The second-order valence-electron chi connectivity index (χ2n) is 7.64. The first kappa shape index (κ1) is 23.3. The number of amides is 1. The quantitative estimate of drug-likeness (QED) is 0.416. The van der Waals surface area contributed by atoms with E-state index in [1.807, 2.05) is 6.92 Å². The van der Waals surface area contributed by atoms with E-state index in [1.54, 1.807) is 42.1 Å². The molecule has 0 fully saturated rings. The molecule has 2 N–H and O–H groups in total. The summed E-state index contributed by atoms with van der Waals surface area (Å²) in [6, 6.07) is 6.60. The molecule has 4 aromatic rings. The number of nitrogens with one attached hydrogen (secondary N) is 1. The SMILES string of the molecule is CCNC(=O)c1cc(OC)cc(-c2cc3cnc4c(ccn4CC(=O)O)c3n(CC)c2=O)c1Cl. The monoisotopic (exact) mass is 482 g/mol. The minimum atomic E-state index is -0.988. The van der Waals surface area contributed by atoms with E-state index in [0.717, 1.165) is 0 Å². The van der Waals surface area contributed by atoms with Crippen LogP contribution in [0.4, 0.5) is 0 Å². The predicted molar refractivity (Wildman–Crippen MR) is 130 cm³/mol. The van der Waals surface area contributed by atoms with E-state index in [2.05, 4.69) is 10.3 Å². The Labute approximate surface area is 199 Å². The molecule has 4 rings (SSSR count). The molecule has 3 heterocycles. The number of rotatable bonds is 7. The first-order valence-electron chi connectivity index (χ1n) is 10.7. The van der Waals surface area contributed by atoms with Crippen molar-refractivity contribution in [1.29, 1.82) is 0 Å². The molecule has 0 saturated carbocycles. The molecule has 0 radical (unpaired) electrons. The van der Waals surface area contributed by atoms with Gasteiger partial charge in [0.15, 0.2) is 0 Å². The highest BCUT2D eigenvalue weighted by atomic mass is 35.5. The Morgan fingerprint density at radius 1 is 1.21 bits per heavy atom. The molecule has 0 aliphatic rings. The zero-order valence-electron chi connectivity index (χ0n) is 18.9. The molecule has 0 spiro atoms. The standard InChI is InChI=1S/C24H23ClN4O5/c1-4-26-23(32)18-10-14(34-3)9-16(20(18)25)17-8-13-11-27-22-15(6-7-28(22)12-19(30)31)21(13)29(5-2)24(17)33/h6-11H,4-5,12H2,1-3H3,(H,26,32)(H,30,31). The van der Waals surface area contributed by atoms with E-state index in [0.29, 0.717) is 51.9 Å². The number of ether oxygens (including phenoxy) is 1. The number of methoxy groups -OCH3 is 1. The number of aromatic nitrogens is 3. The maximum atomic E-state index is 13.6. The largest absolute Gasteiger partial charge is 0.497 e. The summed E-state index contributed by atoms with van der Waals surface area (Å²) in [4.78, 5) is 41.9. The number of hydrogen-bond acceptors (Lipinski definition) is 5. The molecular formula is C24H23ClN4O5. The highest BCUT2D eigenvalue weighted by molar-refractivity contribution is 6.36. The number of aryl methyl sites for hydroxylation is 1. The molecule has 0 aliphatic heterocycles. The molecule has 0 aliphatic carbocycles. The average molecular weight is 483 g/mol. The third-order valence-corrected chi connectivity index (χ3v) is 6.02. The van der Waals surface area contributed by atoms with Gasteiger partial charge < -0.3 is 24.3 Å². The third kappa shape index (κ3) is 3.88. The second-order valence-corrected chi connectivity index (χ2v) is 8.02. The van der Waals surface area contributed by atoms with Gasteiger partial charge in [0.2, 0.25) is 0 Å². The minimum absolute atomic E-state index is 0.146. The third-order valence-electron chi connectivity index (χ3n) is 5.61. The predicted octanol–water partition coefficient (Wildman–Crippen LogP) is 3.53. The summed E-state index contributed by atoms with van der Waals surface area (Å²) in [5.74, 6) is -0.965. The van der Waals surface area contributed by atoms with E-state index in [4.69, 9.17) is 16.3 Å². The number of aliphatic carboxylic acids is 1. The van der Waals surface area contributed by atoms with Gasteiger partial charge in [0.25, 0.3) is 11.5 Å². The first-order chi connectivity index (χ1) is 16.3. The summed E-state index contributed by atoms with van der Waals surface area (Å²) >= 11 is 6.63. The van der Waals surface area contributed by atoms with Crippen LogP contribution in [0.3, 0.4) is 0 Å². The van der Waals surface area contributed by atoms with Crippen LogP contribution in [0, 0.1) is 0 Å². The summed E-state index contributed by atoms with van der Waals surface area (Å²) in [5, 5.41) is 13.4. The van der Waals surface area contributed by atoms with Crippen LogP contribution in [-0.2, 0) is 17.9 Å². The van der Waals surface area contributed by atoms with Crippen LogP contribution in [0.2, 0.25) is 5.02 Å². The van der Waals surface area contributed by atoms with Crippen LogP contribution in [0.15, 0.2) is 41.5 Å². The van der Waals surface area contributed by atoms with Gasteiger partial charge in [0.05, 0.1) is 23.2 Å². The zero-order chi connectivity index (χ0) is 24.6. The fraction of sp³-hybridized carbons (Fsp3) is 0.250. The Morgan fingerprint density at radius 3 is 2.62 bits per heavy atom. The van der Waals surface area contributed by atoms with Crippen molar-refractivity contribution in [3.05, 3.63) is 57.6 Å². The summed E-state index contributed by atoms with van der Waals surface area (Å²) in [6.07, 6.45) is 3.24. The van der Waals surface area contributed by atoms with Crippen LogP contribution in [-0.4, -0.2) is 44.8 Å². The number of carbonyl (C=O) groups is 2. The molecule has 3 aromatic heterocycles. The van der Waals surface area contributed by atoms with Crippen molar-refractivity contribution in [2.75, 3.05) is 13.7 Å². The molecule has 176 valence electrons. The van der Waals surface area contributed by atoms with Crippen LogP contribution in [0.25, 0.3) is 33.1 Å². The molecule has 34 heavy (non-hydrogen) atoms. The number of nitrogens with zero attached hydrogens (tertiary/aromatic N) is 3. The number of hydrogen-bond donors (Lipinski definition) is 2. The zero-order valence-corrected chi connectivity index (χ0v) is 19.6. The normalized spacial score (nSPS) is 11.2. The summed E-state index contributed by atoms with van der Waals surface area (Å²) in [6.45, 7) is 4.19. The lowest BCUT2D eigenvalue weighted by Crippen LogP contribution is -2.24. The minimum Gasteiger partial charge on any atom is -0.497 e. The fourth-order valence-electron chi connectivity index (χ4n) is 4.11. The van der Waals surface area contributed by atoms with Crippen molar-refractivity contribution in [3.8, 4) is 16.9 Å². The number of fused-ring (bicyclic) bond motifs is 3. The van der Waals surface area contributed by atoms with E-state index >= 15 is 0 Å². The van der Waals surface area contributed by atoms with E-state index in [9.17, 15) is 19.5 Å². The van der Waals surface area contributed by atoms with Crippen molar-refractivity contribution in [1.82, 2.24) is 19.4 Å². The second kappa shape index (κ2) is 9.18. The van der Waals surface area contributed by atoms with Gasteiger partial charge in [-0.25, -0.2) is 4.98 Å². The highest BCUT2D eigenvalue weighted by Crippen LogP contribution is 2.35. The molecule has 0 saturated heterocycles. The summed E-state index contributed by atoms with van der Waals surface area (Å²) < 4.78 is 8.49. The molecule has 0 unspecified atom stereocenters. The number of benzene rings is 1. The van der Waals surface area contributed by atoms with Gasteiger partial charge in [-0.05, 0) is 38.1 Å². The van der Waals surface area contributed by atoms with Crippen LogP contribution in [0.5, 0.6) is 5.75 Å². The van der Waals surface area contributed by atoms with Gasteiger partial charge in [-0.3, -0.25) is 14.4 Å². The maximum Gasteiger partial charge on any atom is 0.323 e. The maximum absolute atomic E-state index is 13.6. The molecule has 0 bridgehead atoms. The number of carboxylic acids is 1. The van der Waals surface area contributed by atoms with Crippen LogP contribution >= 0.6 is 11.6 Å². The smallest absolute Gasteiger partial charge is 0.323 e. The van der Waals surface area contributed by atoms with Crippen molar-refractivity contribution in [2.45, 2.75) is 26.9 Å². The van der Waals surface area contributed by atoms with Crippen molar-refractivity contribution in [2.24, 2.45) is 0 Å². The summed E-state index contributed by atoms with van der Waals surface area (Å²) in [7, 11) is 1.47. The first-order valence-corrected chi connectivity index (χ1v) is 11.1. The van der Waals surface area contributed by atoms with Gasteiger partial charge in [0, 0.05) is 47.4 Å². The highest BCUT2D eigenvalue weighted by Gasteiger charge is 2.21. The Kier molecular flexibility index (Phi) is 6.30. The van der Waals surface area contributed by atoms with Gasteiger partial charge in [-0.15, -0.1) is 0 Å². The van der Waals surface area contributed by atoms with Gasteiger partial charge >= 0.3 is 5.97 Å². The Bertz CT molecular complexity index is 1510. The molecule has 10 heteroatoms. The fourth-order valence-corrected chi connectivity index (χ4v) is 4.41.